The summed E-state index contributed by atoms with van der Waals surface area (Å²) in [5.74, 6) is -0.185. The lowest BCUT2D eigenvalue weighted by molar-refractivity contribution is -0.148. The molecule has 2 rings (SSSR count). The number of ether oxygens (including phenoxy) is 1. The molecule has 1 unspecified atom stereocenters. The Bertz CT molecular complexity index is 367. The summed E-state index contributed by atoms with van der Waals surface area (Å²) in [7, 11) is 0. The molecule has 4 nitrogen and oxygen atoms in total. The Labute approximate surface area is 102 Å². The minimum atomic E-state index is -0.185. The zero-order valence-corrected chi connectivity index (χ0v) is 10.1. The van der Waals surface area contributed by atoms with Crippen molar-refractivity contribution in [2.45, 2.75) is 32.4 Å². The highest BCUT2D eigenvalue weighted by Gasteiger charge is 2.22. The molecule has 1 saturated heterocycles. The van der Waals surface area contributed by atoms with Crippen molar-refractivity contribution in [3.63, 3.8) is 0 Å². The summed E-state index contributed by atoms with van der Waals surface area (Å²) in [5, 5.41) is 0. The van der Waals surface area contributed by atoms with Crippen molar-refractivity contribution >= 4 is 5.97 Å². The molecule has 2 heterocycles. The summed E-state index contributed by atoms with van der Waals surface area (Å²) >= 11 is 0. The summed E-state index contributed by atoms with van der Waals surface area (Å²) < 4.78 is 5.26. The van der Waals surface area contributed by atoms with E-state index in [0.717, 1.165) is 38.2 Å². The molecule has 1 fully saturated rings. The number of pyridine rings is 1. The second-order valence-corrected chi connectivity index (χ2v) is 4.43. The van der Waals surface area contributed by atoms with Gasteiger partial charge < -0.3 is 4.74 Å². The monoisotopic (exact) mass is 234 g/mol. The third kappa shape index (κ3) is 3.82. The average Bonchev–Trinajstić information content (AvgIpc) is 2.30. The summed E-state index contributed by atoms with van der Waals surface area (Å²) in [6.07, 6.45) is 3.90. The predicted octanol–water partition coefficient (Wildman–Crippen LogP) is 1.61. The molecule has 0 N–H and O–H groups in total. The average molecular weight is 234 g/mol. The van der Waals surface area contributed by atoms with Gasteiger partial charge in [0.2, 0.25) is 0 Å². The van der Waals surface area contributed by atoms with Gasteiger partial charge in [-0.1, -0.05) is 6.07 Å². The van der Waals surface area contributed by atoms with Gasteiger partial charge in [0, 0.05) is 26.2 Å². The molecule has 92 valence electrons. The lowest BCUT2D eigenvalue weighted by Gasteiger charge is -2.31. The fourth-order valence-electron chi connectivity index (χ4n) is 2.21. The van der Waals surface area contributed by atoms with Crippen LogP contribution >= 0.6 is 0 Å². The van der Waals surface area contributed by atoms with Crippen molar-refractivity contribution in [2.24, 2.45) is 0 Å². The third-order valence-electron chi connectivity index (χ3n) is 2.91. The van der Waals surface area contributed by atoms with E-state index >= 15 is 0 Å². The number of aromatic nitrogens is 1. The van der Waals surface area contributed by atoms with Gasteiger partial charge in [-0.2, -0.15) is 0 Å². The number of esters is 1. The molecule has 0 aromatic carbocycles. The van der Waals surface area contributed by atoms with Gasteiger partial charge in [-0.05, 0) is 31.5 Å². The van der Waals surface area contributed by atoms with E-state index < -0.39 is 0 Å². The van der Waals surface area contributed by atoms with Crippen LogP contribution in [0.15, 0.2) is 24.4 Å². The normalized spacial score (nSPS) is 21.1. The predicted molar refractivity (Wildman–Crippen MR) is 64.3 cm³/mol. The molecule has 1 aromatic heterocycles. The number of piperidine rings is 1. The molecule has 0 spiro atoms. The largest absolute Gasteiger partial charge is 0.461 e. The molecule has 17 heavy (non-hydrogen) atoms. The zero-order chi connectivity index (χ0) is 12.1. The Morgan fingerprint density at radius 1 is 1.59 bits per heavy atom. The standard InChI is InChI=1S/C13H18N2O2/c1-11(16)17-13-6-4-8-15(10-13)9-12-5-2-3-7-14-12/h2-3,5,7,13H,4,6,8-10H2,1H3. The highest BCUT2D eigenvalue weighted by atomic mass is 16.5. The van der Waals surface area contributed by atoms with Crippen LogP contribution in [0.4, 0.5) is 0 Å². The molecule has 0 amide bonds. The number of rotatable bonds is 3. The molecule has 1 aromatic rings. The van der Waals surface area contributed by atoms with Crippen LogP contribution in [0.2, 0.25) is 0 Å². The van der Waals surface area contributed by atoms with E-state index in [9.17, 15) is 4.79 Å². The van der Waals surface area contributed by atoms with Crippen molar-refractivity contribution in [3.05, 3.63) is 30.1 Å². The first-order valence-electron chi connectivity index (χ1n) is 6.03. The van der Waals surface area contributed by atoms with Crippen LogP contribution in [-0.2, 0) is 16.1 Å². The number of carbonyl (C=O) groups is 1. The first-order valence-corrected chi connectivity index (χ1v) is 6.03. The molecule has 0 bridgehead atoms. The number of hydrogen-bond donors (Lipinski definition) is 0. The van der Waals surface area contributed by atoms with E-state index in [1.54, 1.807) is 0 Å². The van der Waals surface area contributed by atoms with Crippen LogP contribution in [-0.4, -0.2) is 35.0 Å². The number of likely N-dealkylation sites (tertiary alicyclic amines) is 1. The Morgan fingerprint density at radius 2 is 2.47 bits per heavy atom. The first kappa shape index (κ1) is 12.0. The van der Waals surface area contributed by atoms with E-state index in [-0.39, 0.29) is 12.1 Å². The van der Waals surface area contributed by atoms with Gasteiger partial charge >= 0.3 is 5.97 Å². The minimum Gasteiger partial charge on any atom is -0.461 e. The summed E-state index contributed by atoms with van der Waals surface area (Å²) in [6, 6.07) is 5.94. The maximum Gasteiger partial charge on any atom is 0.302 e. The Kier molecular flexibility index (Phi) is 4.09. The molecule has 1 aliphatic heterocycles. The quantitative estimate of drug-likeness (QED) is 0.745. The van der Waals surface area contributed by atoms with E-state index in [4.69, 9.17) is 4.74 Å². The molecule has 1 atom stereocenters. The van der Waals surface area contributed by atoms with Crippen molar-refractivity contribution in [1.82, 2.24) is 9.88 Å². The lowest BCUT2D eigenvalue weighted by Crippen LogP contribution is -2.39. The molecule has 0 aliphatic carbocycles. The van der Waals surface area contributed by atoms with Crippen molar-refractivity contribution in [2.75, 3.05) is 13.1 Å². The molecule has 0 radical (unpaired) electrons. The molecule has 1 aliphatic rings. The van der Waals surface area contributed by atoms with Gasteiger partial charge in [-0.15, -0.1) is 0 Å². The van der Waals surface area contributed by atoms with Gasteiger partial charge in [-0.3, -0.25) is 14.7 Å². The zero-order valence-electron chi connectivity index (χ0n) is 10.1. The maximum atomic E-state index is 10.9. The first-order chi connectivity index (χ1) is 8.24. The van der Waals surface area contributed by atoms with Gasteiger partial charge in [0.25, 0.3) is 0 Å². The van der Waals surface area contributed by atoms with Gasteiger partial charge in [0.15, 0.2) is 0 Å². The third-order valence-corrected chi connectivity index (χ3v) is 2.91. The van der Waals surface area contributed by atoms with Crippen LogP contribution in [0.25, 0.3) is 0 Å². The lowest BCUT2D eigenvalue weighted by atomic mass is 10.1. The van der Waals surface area contributed by atoms with Crippen LogP contribution in [0, 0.1) is 0 Å². The van der Waals surface area contributed by atoms with Crippen LogP contribution in [0.3, 0.4) is 0 Å². The highest BCUT2D eigenvalue weighted by molar-refractivity contribution is 5.66. The second-order valence-electron chi connectivity index (χ2n) is 4.43. The fourth-order valence-corrected chi connectivity index (χ4v) is 2.21. The van der Waals surface area contributed by atoms with Crippen molar-refractivity contribution in [1.29, 1.82) is 0 Å². The number of hydrogen-bond acceptors (Lipinski definition) is 4. The second kappa shape index (κ2) is 5.77. The Morgan fingerprint density at radius 3 is 3.18 bits per heavy atom. The summed E-state index contributed by atoms with van der Waals surface area (Å²) in [6.45, 7) is 4.17. The maximum absolute atomic E-state index is 10.9. The highest BCUT2D eigenvalue weighted by Crippen LogP contribution is 2.15. The molecule has 0 saturated carbocycles. The summed E-state index contributed by atoms with van der Waals surface area (Å²) in [5.41, 5.74) is 1.07. The minimum absolute atomic E-state index is 0.0463. The Hall–Kier alpha value is -1.42. The fraction of sp³-hybridized carbons (Fsp3) is 0.538. The van der Waals surface area contributed by atoms with E-state index in [2.05, 4.69) is 9.88 Å². The smallest absolute Gasteiger partial charge is 0.302 e. The SMILES string of the molecule is CC(=O)OC1CCCN(Cc2ccccn2)C1. The van der Waals surface area contributed by atoms with Crippen LogP contribution in [0.1, 0.15) is 25.5 Å². The van der Waals surface area contributed by atoms with E-state index in [1.807, 2.05) is 24.4 Å². The summed E-state index contributed by atoms with van der Waals surface area (Å²) in [4.78, 5) is 17.5. The van der Waals surface area contributed by atoms with Crippen molar-refractivity contribution < 1.29 is 9.53 Å². The van der Waals surface area contributed by atoms with E-state index in [1.165, 1.54) is 6.92 Å². The molecule has 4 heteroatoms. The Balaban J connectivity index is 1.87. The number of nitrogens with zero attached hydrogens (tertiary/aromatic N) is 2. The number of carbonyl (C=O) groups excluding carboxylic acids is 1. The van der Waals surface area contributed by atoms with Crippen molar-refractivity contribution in [3.8, 4) is 0 Å². The molecular formula is C13H18N2O2. The van der Waals surface area contributed by atoms with Gasteiger partial charge in [0.05, 0.1) is 5.69 Å². The van der Waals surface area contributed by atoms with Gasteiger partial charge in [0.1, 0.15) is 6.10 Å². The van der Waals surface area contributed by atoms with E-state index in [0.29, 0.717) is 0 Å². The van der Waals surface area contributed by atoms with Crippen LogP contribution in [0.5, 0.6) is 0 Å². The topological polar surface area (TPSA) is 42.4 Å². The van der Waals surface area contributed by atoms with Gasteiger partial charge in [-0.25, -0.2) is 0 Å². The van der Waals surface area contributed by atoms with Crippen LogP contribution < -0.4 is 0 Å². The molecular weight excluding hydrogens is 216 g/mol.